The molecule has 1 aromatic heterocycles. The van der Waals surface area contributed by atoms with E-state index in [1.54, 1.807) is 18.3 Å². The third-order valence-electron chi connectivity index (χ3n) is 5.17. The Balaban J connectivity index is 1.48. The van der Waals surface area contributed by atoms with Crippen LogP contribution < -0.4 is 0 Å². The van der Waals surface area contributed by atoms with E-state index in [9.17, 15) is 9.18 Å². The summed E-state index contributed by atoms with van der Waals surface area (Å²) in [7, 11) is 0. The van der Waals surface area contributed by atoms with Crippen LogP contribution in [0.25, 0.3) is 11.1 Å². The number of carbonyl (C=O) groups excluding carboxylic acids is 1. The first kappa shape index (κ1) is 17.6. The van der Waals surface area contributed by atoms with E-state index in [1.807, 2.05) is 36.4 Å². The number of Topliss-reactive ketones (excluding diaryl/α,β-unsaturated/α-hetero) is 1. The summed E-state index contributed by atoms with van der Waals surface area (Å²) in [5, 5.41) is 6.94. The van der Waals surface area contributed by atoms with Gasteiger partial charge >= 0.3 is 0 Å². The molecule has 0 spiro atoms. The summed E-state index contributed by atoms with van der Waals surface area (Å²) in [6, 6.07) is 16.2. The topological polar surface area (TPSA) is 49.0 Å². The largest absolute Gasteiger partial charge is 0.297 e. The lowest BCUT2D eigenvalue weighted by Crippen LogP contribution is -2.38. The van der Waals surface area contributed by atoms with Gasteiger partial charge in [-0.1, -0.05) is 42.5 Å². The Kier molecular flexibility index (Phi) is 5.12. The molecule has 1 saturated heterocycles. The minimum Gasteiger partial charge on any atom is -0.297 e. The van der Waals surface area contributed by atoms with E-state index in [2.05, 4.69) is 15.1 Å². The van der Waals surface area contributed by atoms with Crippen molar-refractivity contribution in [2.45, 2.75) is 19.4 Å². The molecule has 0 saturated carbocycles. The summed E-state index contributed by atoms with van der Waals surface area (Å²) in [5.74, 6) is -0.413. The molecule has 1 unspecified atom stereocenters. The lowest BCUT2D eigenvalue weighted by atomic mass is 9.89. The molecule has 138 valence electrons. The van der Waals surface area contributed by atoms with Crippen molar-refractivity contribution in [3.8, 4) is 11.1 Å². The number of rotatable bonds is 5. The Hall–Kier alpha value is -2.79. The summed E-state index contributed by atoms with van der Waals surface area (Å²) >= 11 is 0. The van der Waals surface area contributed by atoms with E-state index in [0.29, 0.717) is 17.7 Å². The van der Waals surface area contributed by atoms with Gasteiger partial charge in [-0.15, -0.1) is 0 Å². The molecule has 1 aliphatic rings. The number of halogens is 1. The highest BCUT2D eigenvalue weighted by Crippen LogP contribution is 2.26. The molecule has 3 aromatic rings. The maximum atomic E-state index is 14.6. The fourth-order valence-corrected chi connectivity index (χ4v) is 3.78. The Bertz CT molecular complexity index is 909. The smallest absolute Gasteiger partial charge is 0.167 e. The predicted octanol–water partition coefficient (Wildman–Crippen LogP) is 4.31. The first-order chi connectivity index (χ1) is 13.2. The molecule has 1 atom stereocenters. The molecule has 0 bridgehead atoms. The van der Waals surface area contributed by atoms with Crippen molar-refractivity contribution in [1.29, 1.82) is 0 Å². The fraction of sp³-hybridized carbons (Fsp3) is 0.273. The van der Waals surface area contributed by atoms with Crippen molar-refractivity contribution in [1.82, 2.24) is 15.1 Å². The van der Waals surface area contributed by atoms with Gasteiger partial charge in [0.1, 0.15) is 5.82 Å². The van der Waals surface area contributed by atoms with Gasteiger partial charge in [-0.3, -0.25) is 14.8 Å². The van der Waals surface area contributed by atoms with Crippen LogP contribution in [0.5, 0.6) is 0 Å². The van der Waals surface area contributed by atoms with Crippen LogP contribution in [0.2, 0.25) is 0 Å². The highest BCUT2D eigenvalue weighted by atomic mass is 19.1. The zero-order chi connectivity index (χ0) is 18.6. The second kappa shape index (κ2) is 7.84. The average Bonchev–Trinajstić information content (AvgIpc) is 3.21. The van der Waals surface area contributed by atoms with Gasteiger partial charge in [0.2, 0.25) is 0 Å². The van der Waals surface area contributed by atoms with Crippen LogP contribution in [0.3, 0.4) is 0 Å². The van der Waals surface area contributed by atoms with Crippen molar-refractivity contribution in [2.24, 2.45) is 5.92 Å². The molecule has 5 heteroatoms. The normalized spacial score (nSPS) is 17.7. The maximum absolute atomic E-state index is 14.6. The molecule has 4 nitrogen and oxygen atoms in total. The van der Waals surface area contributed by atoms with Gasteiger partial charge in [0.05, 0.1) is 0 Å². The summed E-state index contributed by atoms with van der Waals surface area (Å²) < 4.78 is 14.6. The van der Waals surface area contributed by atoms with Gasteiger partial charge in [0.15, 0.2) is 5.78 Å². The third kappa shape index (κ3) is 3.98. The Morgan fingerprint density at radius 3 is 2.78 bits per heavy atom. The number of aromatic nitrogens is 2. The number of benzene rings is 2. The predicted molar refractivity (Wildman–Crippen MR) is 103 cm³/mol. The Morgan fingerprint density at radius 1 is 1.19 bits per heavy atom. The van der Waals surface area contributed by atoms with Gasteiger partial charge < -0.3 is 0 Å². The van der Waals surface area contributed by atoms with E-state index < -0.39 is 0 Å². The van der Waals surface area contributed by atoms with E-state index in [1.165, 1.54) is 6.07 Å². The van der Waals surface area contributed by atoms with Crippen LogP contribution in [-0.4, -0.2) is 34.0 Å². The molecule has 1 aliphatic heterocycles. The standard InChI is InChI=1S/C22H22FN3O/c23-21-13-17(8-9-20(21)16-5-2-1-3-6-16)22(27)18-7-4-12-26(14-18)15-19-10-11-24-25-19/h1-3,5-6,8-11,13,18H,4,7,12,14-15H2,(H,24,25). The van der Waals surface area contributed by atoms with Crippen LogP contribution in [0.15, 0.2) is 60.8 Å². The van der Waals surface area contributed by atoms with Crippen molar-refractivity contribution in [3.63, 3.8) is 0 Å². The van der Waals surface area contributed by atoms with Crippen molar-refractivity contribution in [3.05, 3.63) is 77.9 Å². The number of hydrogen-bond acceptors (Lipinski definition) is 3. The maximum Gasteiger partial charge on any atom is 0.167 e. The first-order valence-corrected chi connectivity index (χ1v) is 9.30. The van der Waals surface area contributed by atoms with E-state index in [-0.39, 0.29) is 17.5 Å². The molecule has 27 heavy (non-hydrogen) atoms. The first-order valence-electron chi connectivity index (χ1n) is 9.30. The van der Waals surface area contributed by atoms with Crippen molar-refractivity contribution >= 4 is 5.78 Å². The Labute approximate surface area is 158 Å². The van der Waals surface area contributed by atoms with Gasteiger partial charge in [0.25, 0.3) is 0 Å². The van der Waals surface area contributed by atoms with Gasteiger partial charge in [-0.2, -0.15) is 5.10 Å². The molecule has 0 amide bonds. The number of aromatic amines is 1. The SMILES string of the molecule is O=C(c1ccc(-c2ccccc2)c(F)c1)C1CCCN(Cc2ccn[nH]2)C1. The highest BCUT2D eigenvalue weighted by molar-refractivity contribution is 5.98. The minimum absolute atomic E-state index is 0.0304. The number of carbonyl (C=O) groups is 1. The van der Waals surface area contributed by atoms with Gasteiger partial charge in [-0.05, 0) is 37.1 Å². The monoisotopic (exact) mass is 363 g/mol. The van der Waals surface area contributed by atoms with Crippen molar-refractivity contribution in [2.75, 3.05) is 13.1 Å². The summed E-state index contributed by atoms with van der Waals surface area (Å²) in [5.41, 5.74) is 2.84. The van der Waals surface area contributed by atoms with Crippen LogP contribution >= 0.6 is 0 Å². The zero-order valence-corrected chi connectivity index (χ0v) is 15.1. The summed E-state index contributed by atoms with van der Waals surface area (Å²) in [4.78, 5) is 15.2. The number of nitrogens with zero attached hydrogens (tertiary/aromatic N) is 2. The number of H-pyrrole nitrogens is 1. The molecule has 0 aliphatic carbocycles. The molecule has 2 aromatic carbocycles. The van der Waals surface area contributed by atoms with Gasteiger partial charge in [-0.25, -0.2) is 4.39 Å². The molecule has 1 fully saturated rings. The average molecular weight is 363 g/mol. The van der Waals surface area contributed by atoms with Crippen LogP contribution in [0.1, 0.15) is 28.9 Å². The number of likely N-dealkylation sites (tertiary alicyclic amines) is 1. The Morgan fingerprint density at radius 2 is 2.04 bits per heavy atom. The molecule has 4 rings (SSSR count). The van der Waals surface area contributed by atoms with Crippen LogP contribution in [0, 0.1) is 11.7 Å². The molecular weight excluding hydrogens is 341 g/mol. The molecule has 2 heterocycles. The third-order valence-corrected chi connectivity index (χ3v) is 5.17. The second-order valence-electron chi connectivity index (χ2n) is 7.08. The van der Waals surface area contributed by atoms with Gasteiger partial charge in [0, 0.05) is 42.0 Å². The van der Waals surface area contributed by atoms with E-state index >= 15 is 0 Å². The molecular formula is C22H22FN3O. The highest BCUT2D eigenvalue weighted by Gasteiger charge is 2.27. The molecule has 0 radical (unpaired) electrons. The number of hydrogen-bond donors (Lipinski definition) is 1. The second-order valence-corrected chi connectivity index (χ2v) is 7.08. The van der Waals surface area contributed by atoms with Crippen LogP contribution in [-0.2, 0) is 6.54 Å². The summed E-state index contributed by atoms with van der Waals surface area (Å²) in [6.45, 7) is 2.41. The number of nitrogens with one attached hydrogen (secondary N) is 1. The van der Waals surface area contributed by atoms with E-state index in [0.717, 1.165) is 37.2 Å². The van der Waals surface area contributed by atoms with E-state index in [4.69, 9.17) is 0 Å². The lowest BCUT2D eigenvalue weighted by Gasteiger charge is -2.31. The zero-order valence-electron chi connectivity index (χ0n) is 15.1. The van der Waals surface area contributed by atoms with Crippen molar-refractivity contribution < 1.29 is 9.18 Å². The number of ketones is 1. The lowest BCUT2D eigenvalue weighted by molar-refractivity contribution is 0.0809. The summed E-state index contributed by atoms with van der Waals surface area (Å²) in [6.07, 6.45) is 3.55. The van der Waals surface area contributed by atoms with Crippen LogP contribution in [0.4, 0.5) is 4.39 Å². The quantitative estimate of drug-likeness (QED) is 0.687. The minimum atomic E-state index is -0.350. The fourth-order valence-electron chi connectivity index (χ4n) is 3.78. The number of piperidine rings is 1. The molecule has 1 N–H and O–H groups in total.